The Morgan fingerprint density at radius 1 is 1.24 bits per heavy atom. The van der Waals surface area contributed by atoms with Crippen LogP contribution in [0.15, 0.2) is 42.6 Å². The van der Waals surface area contributed by atoms with Crippen molar-refractivity contribution < 1.29 is 4.74 Å². The van der Waals surface area contributed by atoms with Crippen LogP contribution < -0.4 is 10.5 Å². The average molecular weight is 340 g/mol. The second-order valence-corrected chi connectivity index (χ2v) is 4.90. The maximum Gasteiger partial charge on any atom is 0.145 e. The van der Waals surface area contributed by atoms with Crippen molar-refractivity contribution >= 4 is 22.6 Å². The lowest BCUT2D eigenvalue weighted by molar-refractivity contribution is 0.476. The van der Waals surface area contributed by atoms with E-state index in [9.17, 15) is 0 Å². The predicted molar refractivity (Wildman–Crippen MR) is 76.1 cm³/mol. The molecule has 1 aromatic carbocycles. The summed E-state index contributed by atoms with van der Waals surface area (Å²) in [6.45, 7) is 1.91. The molecule has 0 saturated heterocycles. The molecule has 88 valence electrons. The highest BCUT2D eigenvalue weighted by Gasteiger charge is 2.04. The van der Waals surface area contributed by atoms with Gasteiger partial charge in [-0.25, -0.2) is 0 Å². The quantitative estimate of drug-likeness (QED) is 0.870. The van der Waals surface area contributed by atoms with Crippen LogP contribution in [0.4, 0.5) is 0 Å². The smallest absolute Gasteiger partial charge is 0.145 e. The molecule has 0 aliphatic rings. The van der Waals surface area contributed by atoms with Crippen molar-refractivity contribution in [2.24, 2.45) is 5.73 Å². The Labute approximate surface area is 114 Å². The largest absolute Gasteiger partial charge is 0.455 e. The van der Waals surface area contributed by atoms with Crippen molar-refractivity contribution in [2.75, 3.05) is 0 Å². The Morgan fingerprint density at radius 3 is 2.59 bits per heavy atom. The Morgan fingerprint density at radius 2 is 2.00 bits per heavy atom. The first kappa shape index (κ1) is 12.3. The molecule has 1 aromatic heterocycles. The Kier molecular flexibility index (Phi) is 3.96. The number of benzene rings is 1. The van der Waals surface area contributed by atoms with E-state index < -0.39 is 0 Å². The molecule has 0 fully saturated rings. The van der Waals surface area contributed by atoms with Gasteiger partial charge in [-0.3, -0.25) is 4.98 Å². The van der Waals surface area contributed by atoms with E-state index in [2.05, 4.69) is 27.6 Å². The minimum Gasteiger partial charge on any atom is -0.455 e. The SMILES string of the molecule is C[C@@H](N)c1ccc(Oc2ccccc2I)cn1. The van der Waals surface area contributed by atoms with Gasteiger partial charge in [0.1, 0.15) is 11.5 Å². The van der Waals surface area contributed by atoms with E-state index in [0.717, 1.165) is 20.8 Å². The second kappa shape index (κ2) is 5.46. The van der Waals surface area contributed by atoms with Crippen LogP contribution in [0.2, 0.25) is 0 Å². The molecule has 0 unspecified atom stereocenters. The van der Waals surface area contributed by atoms with Gasteiger partial charge in [0.15, 0.2) is 0 Å². The summed E-state index contributed by atoms with van der Waals surface area (Å²) >= 11 is 2.24. The molecule has 0 radical (unpaired) electrons. The van der Waals surface area contributed by atoms with Crippen LogP contribution in [0.5, 0.6) is 11.5 Å². The summed E-state index contributed by atoms with van der Waals surface area (Å²) in [5, 5.41) is 0. The molecular formula is C13H13IN2O. The van der Waals surface area contributed by atoms with Crippen molar-refractivity contribution in [3.05, 3.63) is 51.9 Å². The molecule has 17 heavy (non-hydrogen) atoms. The van der Waals surface area contributed by atoms with Gasteiger partial charge in [-0.1, -0.05) is 12.1 Å². The molecule has 0 aliphatic carbocycles. The fourth-order valence-electron chi connectivity index (χ4n) is 1.38. The minimum absolute atomic E-state index is 0.0547. The number of para-hydroxylation sites is 1. The molecule has 2 N–H and O–H groups in total. The third-order valence-electron chi connectivity index (χ3n) is 2.29. The number of hydrogen-bond acceptors (Lipinski definition) is 3. The number of nitrogens with two attached hydrogens (primary N) is 1. The van der Waals surface area contributed by atoms with E-state index in [1.807, 2.05) is 43.3 Å². The van der Waals surface area contributed by atoms with Gasteiger partial charge in [-0.05, 0) is 53.8 Å². The van der Waals surface area contributed by atoms with Crippen LogP contribution in [0, 0.1) is 3.57 Å². The predicted octanol–water partition coefficient (Wildman–Crippen LogP) is 3.50. The van der Waals surface area contributed by atoms with E-state index in [1.54, 1.807) is 6.20 Å². The molecule has 0 spiro atoms. The van der Waals surface area contributed by atoms with Gasteiger partial charge < -0.3 is 10.5 Å². The van der Waals surface area contributed by atoms with Gasteiger partial charge in [-0.15, -0.1) is 0 Å². The average Bonchev–Trinajstić information content (AvgIpc) is 2.33. The summed E-state index contributed by atoms with van der Waals surface area (Å²) in [5.74, 6) is 1.56. The molecule has 0 amide bonds. The minimum atomic E-state index is -0.0547. The third kappa shape index (κ3) is 3.17. The van der Waals surface area contributed by atoms with Gasteiger partial charge in [0.25, 0.3) is 0 Å². The molecule has 0 saturated carbocycles. The van der Waals surface area contributed by atoms with Crippen LogP contribution in [0.1, 0.15) is 18.7 Å². The molecule has 2 aromatic rings. The lowest BCUT2D eigenvalue weighted by Gasteiger charge is -2.08. The summed E-state index contributed by atoms with van der Waals surface area (Å²) in [5.41, 5.74) is 6.60. The van der Waals surface area contributed by atoms with E-state index in [-0.39, 0.29) is 6.04 Å². The molecule has 0 aliphatic heterocycles. The van der Waals surface area contributed by atoms with Crippen molar-refractivity contribution in [1.82, 2.24) is 4.98 Å². The van der Waals surface area contributed by atoms with E-state index in [4.69, 9.17) is 10.5 Å². The summed E-state index contributed by atoms with van der Waals surface area (Å²) in [6.07, 6.45) is 1.70. The number of halogens is 1. The highest BCUT2D eigenvalue weighted by Crippen LogP contribution is 2.26. The first-order valence-corrected chi connectivity index (χ1v) is 6.38. The lowest BCUT2D eigenvalue weighted by Crippen LogP contribution is -2.06. The fraction of sp³-hybridized carbons (Fsp3) is 0.154. The van der Waals surface area contributed by atoms with Crippen LogP contribution in [-0.2, 0) is 0 Å². The molecule has 3 nitrogen and oxygen atoms in total. The van der Waals surface area contributed by atoms with Crippen molar-refractivity contribution in [1.29, 1.82) is 0 Å². The zero-order valence-electron chi connectivity index (χ0n) is 9.43. The Bertz CT molecular complexity index is 497. The molecule has 4 heteroatoms. The number of ether oxygens (including phenoxy) is 1. The molecule has 1 atom stereocenters. The number of aromatic nitrogens is 1. The number of hydrogen-bond donors (Lipinski definition) is 1. The number of nitrogens with zero attached hydrogens (tertiary/aromatic N) is 1. The molecule has 1 heterocycles. The van der Waals surface area contributed by atoms with Crippen LogP contribution in [-0.4, -0.2) is 4.98 Å². The number of rotatable bonds is 3. The molecular weight excluding hydrogens is 327 g/mol. The summed E-state index contributed by atoms with van der Waals surface area (Å²) in [4.78, 5) is 4.25. The van der Waals surface area contributed by atoms with E-state index >= 15 is 0 Å². The lowest BCUT2D eigenvalue weighted by atomic mass is 10.2. The van der Waals surface area contributed by atoms with Crippen LogP contribution >= 0.6 is 22.6 Å². The summed E-state index contributed by atoms with van der Waals surface area (Å²) < 4.78 is 6.80. The number of pyridine rings is 1. The van der Waals surface area contributed by atoms with Crippen molar-refractivity contribution in [3.8, 4) is 11.5 Å². The van der Waals surface area contributed by atoms with E-state index in [0.29, 0.717) is 0 Å². The Balaban J connectivity index is 2.17. The van der Waals surface area contributed by atoms with Gasteiger partial charge in [0, 0.05) is 6.04 Å². The van der Waals surface area contributed by atoms with Crippen molar-refractivity contribution in [2.45, 2.75) is 13.0 Å². The van der Waals surface area contributed by atoms with Crippen molar-refractivity contribution in [3.63, 3.8) is 0 Å². The Hall–Kier alpha value is -1.14. The van der Waals surface area contributed by atoms with Gasteiger partial charge in [0.2, 0.25) is 0 Å². The maximum absolute atomic E-state index is 5.74. The van der Waals surface area contributed by atoms with Crippen LogP contribution in [0.25, 0.3) is 0 Å². The monoisotopic (exact) mass is 340 g/mol. The van der Waals surface area contributed by atoms with Crippen LogP contribution in [0.3, 0.4) is 0 Å². The highest BCUT2D eigenvalue weighted by molar-refractivity contribution is 14.1. The molecule has 0 bridgehead atoms. The zero-order valence-corrected chi connectivity index (χ0v) is 11.6. The maximum atomic E-state index is 5.74. The topological polar surface area (TPSA) is 48.1 Å². The standard InChI is InChI=1S/C13H13IN2O/c1-9(15)12-7-6-10(8-16-12)17-13-5-3-2-4-11(13)14/h2-9H,15H2,1H3/t9-/m1/s1. The van der Waals surface area contributed by atoms with Gasteiger partial charge in [-0.2, -0.15) is 0 Å². The second-order valence-electron chi connectivity index (χ2n) is 3.74. The van der Waals surface area contributed by atoms with Gasteiger partial charge >= 0.3 is 0 Å². The summed E-state index contributed by atoms with van der Waals surface area (Å²) in [7, 11) is 0. The fourth-order valence-corrected chi connectivity index (χ4v) is 1.87. The van der Waals surface area contributed by atoms with E-state index in [1.165, 1.54) is 0 Å². The normalized spacial score (nSPS) is 12.2. The third-order valence-corrected chi connectivity index (χ3v) is 3.18. The first-order chi connectivity index (χ1) is 8.16. The van der Waals surface area contributed by atoms with Gasteiger partial charge in [0.05, 0.1) is 15.5 Å². The zero-order chi connectivity index (χ0) is 12.3. The summed E-state index contributed by atoms with van der Waals surface area (Å²) in [6, 6.07) is 11.6. The molecule has 2 rings (SSSR count). The first-order valence-electron chi connectivity index (χ1n) is 5.31. The highest BCUT2D eigenvalue weighted by atomic mass is 127.